The molecule has 6 nitrogen and oxygen atoms in total. The van der Waals surface area contributed by atoms with E-state index in [0.717, 1.165) is 36.9 Å². The fourth-order valence-corrected chi connectivity index (χ4v) is 3.30. The summed E-state index contributed by atoms with van der Waals surface area (Å²) in [5.41, 5.74) is 7.96. The second-order valence-corrected chi connectivity index (χ2v) is 6.30. The van der Waals surface area contributed by atoms with Crippen molar-refractivity contribution in [3.05, 3.63) is 17.7 Å². The van der Waals surface area contributed by atoms with Crippen molar-refractivity contribution in [2.24, 2.45) is 18.7 Å². The van der Waals surface area contributed by atoms with Crippen LogP contribution >= 0.6 is 0 Å². The van der Waals surface area contributed by atoms with Gasteiger partial charge in [0.15, 0.2) is 5.82 Å². The highest BCUT2D eigenvalue weighted by atomic mass is 16.5. The lowest BCUT2D eigenvalue weighted by Gasteiger charge is -2.33. The number of rotatable bonds is 3. The largest absolute Gasteiger partial charge is 0.334 e. The molecule has 0 amide bonds. The lowest BCUT2D eigenvalue weighted by atomic mass is 9.76. The summed E-state index contributed by atoms with van der Waals surface area (Å²) in [6.07, 6.45) is 6.94. The minimum absolute atomic E-state index is 0.450. The molecule has 0 spiro atoms. The van der Waals surface area contributed by atoms with Gasteiger partial charge in [-0.2, -0.15) is 10.1 Å². The Labute approximate surface area is 124 Å². The molecular formula is C15H23N5O. The number of hydrogen-bond acceptors (Lipinski definition) is 5. The van der Waals surface area contributed by atoms with Crippen LogP contribution in [0.25, 0.3) is 11.5 Å². The Morgan fingerprint density at radius 1 is 1.52 bits per heavy atom. The number of nitrogens with two attached hydrogens (primary N) is 1. The van der Waals surface area contributed by atoms with Gasteiger partial charge in [-0.3, -0.25) is 4.68 Å². The van der Waals surface area contributed by atoms with Crippen molar-refractivity contribution in [1.82, 2.24) is 19.9 Å². The van der Waals surface area contributed by atoms with Crippen molar-refractivity contribution in [3.8, 4) is 11.5 Å². The van der Waals surface area contributed by atoms with Crippen LogP contribution in [0.3, 0.4) is 0 Å². The van der Waals surface area contributed by atoms with Gasteiger partial charge in [-0.25, -0.2) is 0 Å². The predicted octanol–water partition coefficient (Wildman–Crippen LogP) is 2.40. The molecule has 1 aliphatic rings. The van der Waals surface area contributed by atoms with Gasteiger partial charge in [0.2, 0.25) is 0 Å². The van der Waals surface area contributed by atoms with E-state index in [4.69, 9.17) is 10.3 Å². The second kappa shape index (κ2) is 5.26. The van der Waals surface area contributed by atoms with Crippen LogP contribution < -0.4 is 5.73 Å². The second-order valence-electron chi connectivity index (χ2n) is 6.30. The van der Waals surface area contributed by atoms with Crippen LogP contribution in [-0.2, 0) is 19.0 Å². The first-order valence-electron chi connectivity index (χ1n) is 7.68. The van der Waals surface area contributed by atoms with E-state index in [9.17, 15) is 0 Å². The van der Waals surface area contributed by atoms with Crippen LogP contribution in [0, 0.1) is 5.92 Å². The fraction of sp³-hybridized carbons (Fsp3) is 0.667. The number of hydrogen-bond donors (Lipinski definition) is 1. The molecule has 0 radical (unpaired) electrons. The highest BCUT2D eigenvalue weighted by molar-refractivity contribution is 5.55. The van der Waals surface area contributed by atoms with E-state index in [1.54, 1.807) is 4.68 Å². The van der Waals surface area contributed by atoms with Crippen molar-refractivity contribution in [2.75, 3.05) is 0 Å². The number of aryl methyl sites for hydroxylation is 2. The standard InChI is InChI=1S/C15H23N5O/c1-4-12-11(9-20(3)18-12)13-17-14(19-21-13)15(16)7-5-6-10(2)8-15/h9-10H,4-8,16H2,1-3H3. The molecule has 0 aliphatic heterocycles. The van der Waals surface area contributed by atoms with Crippen molar-refractivity contribution < 1.29 is 4.52 Å². The highest BCUT2D eigenvalue weighted by Gasteiger charge is 2.37. The Kier molecular flexibility index (Phi) is 3.57. The topological polar surface area (TPSA) is 82.8 Å². The van der Waals surface area contributed by atoms with Gasteiger partial charge in [-0.15, -0.1) is 0 Å². The molecule has 2 unspecified atom stereocenters. The zero-order valence-electron chi connectivity index (χ0n) is 13.0. The normalized spacial score (nSPS) is 26.2. The summed E-state index contributed by atoms with van der Waals surface area (Å²) < 4.78 is 7.24. The monoisotopic (exact) mass is 289 g/mol. The molecular weight excluding hydrogens is 266 g/mol. The summed E-state index contributed by atoms with van der Waals surface area (Å²) in [6, 6.07) is 0. The van der Waals surface area contributed by atoms with Gasteiger partial charge in [0.25, 0.3) is 5.89 Å². The molecule has 6 heteroatoms. The maximum Gasteiger partial charge on any atom is 0.261 e. The van der Waals surface area contributed by atoms with Crippen molar-refractivity contribution in [3.63, 3.8) is 0 Å². The summed E-state index contributed by atoms with van der Waals surface area (Å²) >= 11 is 0. The average Bonchev–Trinajstić information content (AvgIpc) is 3.04. The molecule has 0 bridgehead atoms. The molecule has 2 aromatic rings. The maximum atomic E-state index is 6.53. The molecule has 2 N–H and O–H groups in total. The van der Waals surface area contributed by atoms with Crippen LogP contribution in [0.5, 0.6) is 0 Å². The molecule has 1 aliphatic carbocycles. The SMILES string of the molecule is CCc1nn(C)cc1-c1nc(C2(N)CCCC(C)C2)no1. The van der Waals surface area contributed by atoms with E-state index in [2.05, 4.69) is 29.1 Å². The van der Waals surface area contributed by atoms with Crippen LogP contribution in [0.4, 0.5) is 0 Å². The Balaban J connectivity index is 1.92. The first-order valence-corrected chi connectivity index (χ1v) is 7.68. The van der Waals surface area contributed by atoms with Gasteiger partial charge < -0.3 is 10.3 Å². The molecule has 114 valence electrons. The van der Waals surface area contributed by atoms with E-state index in [1.807, 2.05) is 13.2 Å². The Morgan fingerprint density at radius 3 is 3.05 bits per heavy atom. The van der Waals surface area contributed by atoms with Crippen molar-refractivity contribution >= 4 is 0 Å². The summed E-state index contributed by atoms with van der Waals surface area (Å²) in [5.74, 6) is 1.77. The van der Waals surface area contributed by atoms with Gasteiger partial charge in [-0.1, -0.05) is 31.8 Å². The van der Waals surface area contributed by atoms with E-state index >= 15 is 0 Å². The van der Waals surface area contributed by atoms with Crippen LogP contribution in [-0.4, -0.2) is 19.9 Å². The third-order valence-electron chi connectivity index (χ3n) is 4.37. The molecule has 0 saturated heterocycles. The van der Waals surface area contributed by atoms with Crippen molar-refractivity contribution in [1.29, 1.82) is 0 Å². The lowest BCUT2D eigenvalue weighted by molar-refractivity contribution is 0.222. The lowest BCUT2D eigenvalue weighted by Crippen LogP contribution is -2.42. The zero-order valence-corrected chi connectivity index (χ0v) is 13.0. The third kappa shape index (κ3) is 2.60. The molecule has 2 atom stereocenters. The minimum atomic E-state index is -0.450. The van der Waals surface area contributed by atoms with Crippen LogP contribution in [0.15, 0.2) is 10.7 Å². The Morgan fingerprint density at radius 2 is 2.33 bits per heavy atom. The van der Waals surface area contributed by atoms with Gasteiger partial charge >= 0.3 is 0 Å². The number of nitrogens with zero attached hydrogens (tertiary/aromatic N) is 4. The molecule has 2 aromatic heterocycles. The quantitative estimate of drug-likeness (QED) is 0.938. The first kappa shape index (κ1) is 14.3. The molecule has 2 heterocycles. The Hall–Kier alpha value is -1.69. The van der Waals surface area contributed by atoms with Gasteiger partial charge in [0.05, 0.1) is 16.8 Å². The van der Waals surface area contributed by atoms with E-state index in [-0.39, 0.29) is 0 Å². The molecule has 1 fully saturated rings. The first-order chi connectivity index (χ1) is 10.0. The van der Waals surface area contributed by atoms with Crippen LogP contribution in [0.2, 0.25) is 0 Å². The third-order valence-corrected chi connectivity index (χ3v) is 4.37. The Bertz CT molecular complexity index is 632. The zero-order chi connectivity index (χ0) is 15.0. The van der Waals surface area contributed by atoms with Gasteiger partial charge in [-0.05, 0) is 25.2 Å². The maximum absolute atomic E-state index is 6.53. The predicted molar refractivity (Wildman–Crippen MR) is 79.4 cm³/mol. The van der Waals surface area contributed by atoms with Crippen molar-refractivity contribution in [2.45, 2.75) is 51.5 Å². The van der Waals surface area contributed by atoms with E-state index < -0.39 is 5.54 Å². The molecule has 0 aromatic carbocycles. The summed E-state index contributed by atoms with van der Waals surface area (Å²) in [5, 5.41) is 8.57. The smallest absolute Gasteiger partial charge is 0.261 e. The highest BCUT2D eigenvalue weighted by Crippen LogP contribution is 2.37. The summed E-state index contributed by atoms with van der Waals surface area (Å²) in [7, 11) is 1.90. The molecule has 1 saturated carbocycles. The number of aromatic nitrogens is 4. The molecule has 21 heavy (non-hydrogen) atoms. The van der Waals surface area contributed by atoms with Crippen LogP contribution in [0.1, 0.15) is 51.0 Å². The summed E-state index contributed by atoms with van der Waals surface area (Å²) in [4.78, 5) is 4.58. The van der Waals surface area contributed by atoms with E-state index in [0.29, 0.717) is 17.6 Å². The van der Waals surface area contributed by atoms with Gasteiger partial charge in [0.1, 0.15) is 0 Å². The summed E-state index contributed by atoms with van der Waals surface area (Å²) in [6.45, 7) is 4.30. The minimum Gasteiger partial charge on any atom is -0.334 e. The van der Waals surface area contributed by atoms with E-state index in [1.165, 1.54) is 6.42 Å². The average molecular weight is 289 g/mol. The van der Waals surface area contributed by atoms with Gasteiger partial charge in [0, 0.05) is 13.2 Å². The molecule has 3 rings (SSSR count). The fourth-order valence-electron chi connectivity index (χ4n) is 3.30.